The fourth-order valence-corrected chi connectivity index (χ4v) is 5.99. The summed E-state index contributed by atoms with van der Waals surface area (Å²) in [6.45, 7) is 8.48. The first kappa shape index (κ1) is 25.5. The number of thiocarbonyl (C=S) groups is 1. The first-order valence-corrected chi connectivity index (χ1v) is 13.5. The Bertz CT molecular complexity index is 531. The molecule has 0 aromatic carbocycles. The smallest absolute Gasteiger partial charge is 0.346 e. The molecule has 2 saturated carbocycles. The lowest BCUT2D eigenvalue weighted by Crippen LogP contribution is -2.42. The van der Waals surface area contributed by atoms with Gasteiger partial charge in [-0.25, -0.2) is 4.79 Å². The van der Waals surface area contributed by atoms with E-state index in [0.29, 0.717) is 23.6 Å². The van der Waals surface area contributed by atoms with Gasteiger partial charge in [-0.1, -0.05) is 76.4 Å². The van der Waals surface area contributed by atoms with Crippen molar-refractivity contribution in [3.05, 3.63) is 11.1 Å². The molecule has 2 rings (SSSR count). The maximum Gasteiger partial charge on any atom is 0.346 e. The fraction of sp³-hybridized carbons (Fsp3) is 0.833. The van der Waals surface area contributed by atoms with Crippen LogP contribution < -0.4 is 0 Å². The van der Waals surface area contributed by atoms with E-state index in [9.17, 15) is 4.79 Å². The number of thioether (sulfide) groups is 1. The van der Waals surface area contributed by atoms with Crippen LogP contribution in [-0.2, 0) is 9.53 Å². The highest BCUT2D eigenvalue weighted by molar-refractivity contribution is 8.25. The molecule has 2 aliphatic rings. The van der Waals surface area contributed by atoms with Gasteiger partial charge in [0, 0.05) is 31.4 Å². The van der Waals surface area contributed by atoms with Crippen LogP contribution in [0.4, 0.5) is 0 Å². The topological polar surface area (TPSA) is 32.8 Å². The van der Waals surface area contributed by atoms with E-state index in [4.69, 9.17) is 17.0 Å². The molecule has 4 nitrogen and oxygen atoms in total. The summed E-state index contributed by atoms with van der Waals surface area (Å²) < 4.78 is 6.24. The Balaban J connectivity index is 2.26. The second-order valence-corrected chi connectivity index (χ2v) is 10.3. The minimum Gasteiger partial charge on any atom is -0.462 e. The highest BCUT2D eigenvalue weighted by Gasteiger charge is 2.29. The quantitative estimate of drug-likeness (QED) is 0.213. The van der Waals surface area contributed by atoms with Crippen molar-refractivity contribution in [3.63, 3.8) is 0 Å². The first-order valence-electron chi connectivity index (χ1n) is 12.2. The Morgan fingerprint density at radius 3 is 1.87 bits per heavy atom. The molecule has 2 fully saturated rings. The molecular weight excluding hydrogens is 412 g/mol. The Morgan fingerprint density at radius 1 is 0.933 bits per heavy atom. The van der Waals surface area contributed by atoms with Crippen LogP contribution in [0.5, 0.6) is 0 Å². The third-order valence-corrected chi connectivity index (χ3v) is 7.61. The van der Waals surface area contributed by atoms with Gasteiger partial charge in [-0.15, -0.1) is 0 Å². The molecule has 0 amide bonds. The minimum atomic E-state index is -0.227. The van der Waals surface area contributed by atoms with Crippen molar-refractivity contribution >= 4 is 34.3 Å². The lowest BCUT2D eigenvalue weighted by molar-refractivity contribution is -0.137. The van der Waals surface area contributed by atoms with Crippen molar-refractivity contribution in [2.24, 2.45) is 0 Å². The van der Waals surface area contributed by atoms with Gasteiger partial charge >= 0.3 is 5.97 Å². The van der Waals surface area contributed by atoms with Crippen LogP contribution in [0.15, 0.2) is 11.1 Å². The molecule has 0 aromatic rings. The summed E-state index contributed by atoms with van der Waals surface area (Å²) in [6.07, 6.45) is 17.0. The molecule has 0 aliphatic heterocycles. The highest BCUT2D eigenvalue weighted by Crippen LogP contribution is 2.33. The molecule has 0 spiro atoms. The summed E-state index contributed by atoms with van der Waals surface area (Å²) in [7, 11) is 0. The van der Waals surface area contributed by atoms with E-state index in [1.54, 1.807) is 0 Å². The van der Waals surface area contributed by atoms with E-state index in [1.807, 2.05) is 6.92 Å². The Kier molecular flexibility index (Phi) is 12.2. The van der Waals surface area contributed by atoms with Crippen LogP contribution in [0.3, 0.4) is 0 Å². The van der Waals surface area contributed by atoms with Crippen LogP contribution in [0.1, 0.15) is 97.8 Å². The molecule has 0 N–H and O–H groups in total. The van der Waals surface area contributed by atoms with Crippen molar-refractivity contribution in [3.8, 4) is 0 Å². The average molecular weight is 455 g/mol. The summed E-state index contributed by atoms with van der Waals surface area (Å²) in [5, 5.41) is 0. The number of nitrogens with zero attached hydrogens (tertiary/aromatic N) is 2. The second-order valence-electron chi connectivity index (χ2n) is 8.60. The maximum atomic E-state index is 12.9. The highest BCUT2D eigenvalue weighted by atomic mass is 32.2. The standard InChI is InChI=1S/C24H42N2O2S2/c1-4-17-25(18-5-2)24(29)30-22(23(27)28-6-3)19-26(20-13-9-7-10-14-20)21-15-11-8-12-16-21/h19-21H,4-18H2,1-3H3/b22-19+. The summed E-state index contributed by atoms with van der Waals surface area (Å²) in [4.78, 5) is 18.3. The van der Waals surface area contributed by atoms with Gasteiger partial charge in [-0.3, -0.25) is 0 Å². The molecule has 0 atom stereocenters. The van der Waals surface area contributed by atoms with Gasteiger partial charge in [-0.05, 0) is 45.4 Å². The monoisotopic (exact) mass is 454 g/mol. The number of carbonyl (C=O) groups is 1. The predicted octanol–water partition coefficient (Wildman–Crippen LogP) is 6.50. The molecule has 6 heteroatoms. The van der Waals surface area contributed by atoms with Gasteiger partial charge in [-0.2, -0.15) is 0 Å². The van der Waals surface area contributed by atoms with E-state index in [1.165, 1.54) is 76.0 Å². The van der Waals surface area contributed by atoms with Gasteiger partial charge < -0.3 is 14.5 Å². The Labute approximate surface area is 194 Å². The SMILES string of the molecule is CCCN(CCC)C(=S)S/C(=C/N(C1CCCCC1)C1CCCCC1)C(=O)OCC. The summed E-state index contributed by atoms with van der Waals surface area (Å²) in [6, 6.07) is 1.09. The molecule has 0 unspecified atom stereocenters. The van der Waals surface area contributed by atoms with Crippen molar-refractivity contribution in [1.29, 1.82) is 0 Å². The fourth-order valence-electron chi connectivity index (χ4n) is 4.72. The number of carbonyl (C=O) groups excluding carboxylic acids is 1. The zero-order valence-electron chi connectivity index (χ0n) is 19.4. The lowest BCUT2D eigenvalue weighted by Gasteiger charge is -2.41. The van der Waals surface area contributed by atoms with Crippen LogP contribution >= 0.6 is 24.0 Å². The maximum absolute atomic E-state index is 12.9. The predicted molar refractivity (Wildman–Crippen MR) is 133 cm³/mol. The third kappa shape index (κ3) is 8.07. The van der Waals surface area contributed by atoms with Crippen molar-refractivity contribution < 1.29 is 9.53 Å². The van der Waals surface area contributed by atoms with Crippen LogP contribution in [0.25, 0.3) is 0 Å². The summed E-state index contributed by atoms with van der Waals surface area (Å²) in [5.41, 5.74) is 0. The number of ether oxygens (including phenoxy) is 1. The molecule has 30 heavy (non-hydrogen) atoms. The zero-order valence-corrected chi connectivity index (χ0v) is 21.0. The number of rotatable bonds is 10. The molecule has 0 saturated heterocycles. The largest absolute Gasteiger partial charge is 0.462 e. The molecule has 0 aromatic heterocycles. The summed E-state index contributed by atoms with van der Waals surface area (Å²) >= 11 is 7.21. The van der Waals surface area contributed by atoms with Crippen LogP contribution in [0, 0.1) is 0 Å². The zero-order chi connectivity index (χ0) is 21.8. The van der Waals surface area contributed by atoms with E-state index in [-0.39, 0.29) is 5.97 Å². The van der Waals surface area contributed by atoms with E-state index in [2.05, 4.69) is 29.8 Å². The normalized spacial score (nSPS) is 18.8. The number of esters is 1. The van der Waals surface area contributed by atoms with Crippen molar-refractivity contribution in [2.45, 2.75) is 110 Å². The van der Waals surface area contributed by atoms with E-state index in [0.717, 1.165) is 30.3 Å². The van der Waals surface area contributed by atoms with Crippen LogP contribution in [-0.4, -0.2) is 51.9 Å². The Morgan fingerprint density at radius 2 is 1.43 bits per heavy atom. The van der Waals surface area contributed by atoms with Crippen molar-refractivity contribution in [1.82, 2.24) is 9.80 Å². The minimum absolute atomic E-state index is 0.227. The summed E-state index contributed by atoms with van der Waals surface area (Å²) in [5.74, 6) is -0.227. The molecule has 0 radical (unpaired) electrons. The first-order chi connectivity index (χ1) is 14.6. The molecule has 0 heterocycles. The average Bonchev–Trinajstić information content (AvgIpc) is 2.77. The van der Waals surface area contributed by atoms with Gasteiger partial charge in [0.1, 0.15) is 9.23 Å². The van der Waals surface area contributed by atoms with Gasteiger partial charge in [0.2, 0.25) is 0 Å². The molecule has 2 aliphatic carbocycles. The van der Waals surface area contributed by atoms with Gasteiger partial charge in [0.25, 0.3) is 0 Å². The molecule has 172 valence electrons. The van der Waals surface area contributed by atoms with Crippen molar-refractivity contribution in [2.75, 3.05) is 19.7 Å². The third-order valence-electron chi connectivity index (χ3n) is 6.18. The van der Waals surface area contributed by atoms with E-state index < -0.39 is 0 Å². The molecule has 0 bridgehead atoms. The number of hydrogen-bond donors (Lipinski definition) is 0. The lowest BCUT2D eigenvalue weighted by atomic mass is 9.89. The second kappa shape index (κ2) is 14.3. The number of hydrogen-bond acceptors (Lipinski definition) is 5. The Hall–Kier alpha value is -0.750. The van der Waals surface area contributed by atoms with Gasteiger partial charge in [0.05, 0.1) is 6.61 Å². The molecular formula is C24H42N2O2S2. The van der Waals surface area contributed by atoms with Crippen LogP contribution in [0.2, 0.25) is 0 Å². The van der Waals surface area contributed by atoms with E-state index >= 15 is 0 Å². The van der Waals surface area contributed by atoms with Gasteiger partial charge in [0.15, 0.2) is 0 Å².